The van der Waals surface area contributed by atoms with E-state index in [2.05, 4.69) is 15.0 Å². The van der Waals surface area contributed by atoms with E-state index in [1.807, 2.05) is 31.2 Å². The second-order valence-corrected chi connectivity index (χ2v) is 6.31. The van der Waals surface area contributed by atoms with Crippen molar-refractivity contribution in [3.8, 4) is 11.5 Å². The van der Waals surface area contributed by atoms with E-state index in [1.165, 1.54) is 12.1 Å². The number of piperazine rings is 1. The molecule has 0 bridgehead atoms. The number of halogens is 3. The molecule has 1 N–H and O–H groups in total. The smallest absolute Gasteiger partial charge is 0.494 e. The number of alkyl halides is 3. The summed E-state index contributed by atoms with van der Waals surface area (Å²) in [7, 11) is 0. The molecule has 1 atom stereocenters. The van der Waals surface area contributed by atoms with Gasteiger partial charge in [-0.25, -0.2) is 0 Å². The molecule has 0 aliphatic carbocycles. The minimum absolute atomic E-state index is 0.0392. The van der Waals surface area contributed by atoms with Crippen molar-refractivity contribution in [2.24, 2.45) is 0 Å². The van der Waals surface area contributed by atoms with E-state index in [0.29, 0.717) is 6.61 Å². The van der Waals surface area contributed by atoms with Crippen molar-refractivity contribution in [1.29, 1.82) is 0 Å². The molecule has 146 valence electrons. The monoisotopic (exact) mass is 380 g/mol. The van der Waals surface area contributed by atoms with Crippen LogP contribution in [-0.2, 0) is 0 Å². The van der Waals surface area contributed by atoms with Crippen molar-refractivity contribution >= 4 is 0 Å². The number of nitrogens with zero attached hydrogens (tertiary/aromatic N) is 1. The predicted octanol–water partition coefficient (Wildman–Crippen LogP) is 3.98. The van der Waals surface area contributed by atoms with Crippen LogP contribution in [0.2, 0.25) is 0 Å². The highest BCUT2D eigenvalue weighted by Crippen LogP contribution is 2.32. The van der Waals surface area contributed by atoms with Crippen molar-refractivity contribution in [3.63, 3.8) is 0 Å². The van der Waals surface area contributed by atoms with Crippen molar-refractivity contribution in [2.75, 3.05) is 32.8 Å². The molecule has 2 aromatic carbocycles. The van der Waals surface area contributed by atoms with Gasteiger partial charge in [-0.15, -0.1) is 13.2 Å². The molecule has 2 aromatic rings. The second-order valence-electron chi connectivity index (χ2n) is 6.31. The second kappa shape index (κ2) is 8.63. The standard InChI is InChI=1S/C20H23F3N2O2/c1-2-26-17-7-3-15(4-8-17)19(25-13-11-24-12-14-25)16-5-9-18(10-6-16)27-20(21,22)23/h3-10,19,24H,2,11-14H2,1H3/t19-/m1/s1. The number of benzene rings is 2. The van der Waals surface area contributed by atoms with E-state index < -0.39 is 6.36 Å². The van der Waals surface area contributed by atoms with Gasteiger partial charge in [-0.2, -0.15) is 0 Å². The van der Waals surface area contributed by atoms with Gasteiger partial charge in [-0.05, 0) is 42.3 Å². The van der Waals surface area contributed by atoms with Crippen molar-refractivity contribution in [2.45, 2.75) is 19.3 Å². The number of ether oxygens (including phenoxy) is 2. The Hall–Kier alpha value is -2.25. The maximum Gasteiger partial charge on any atom is 0.573 e. The highest BCUT2D eigenvalue weighted by molar-refractivity contribution is 5.38. The van der Waals surface area contributed by atoms with Crippen LogP contribution < -0.4 is 14.8 Å². The van der Waals surface area contributed by atoms with Crippen LogP contribution in [0.25, 0.3) is 0 Å². The molecule has 0 aromatic heterocycles. The SMILES string of the molecule is CCOc1ccc([C@H](c2ccc(OC(F)(F)F)cc2)N2CCNCC2)cc1. The highest BCUT2D eigenvalue weighted by atomic mass is 19.4. The molecule has 0 saturated carbocycles. The molecule has 3 rings (SSSR count). The van der Waals surface area contributed by atoms with E-state index >= 15 is 0 Å². The molecule has 0 unspecified atom stereocenters. The van der Waals surface area contributed by atoms with Gasteiger partial charge < -0.3 is 14.8 Å². The quantitative estimate of drug-likeness (QED) is 0.822. The summed E-state index contributed by atoms with van der Waals surface area (Å²) in [5.74, 6) is 0.589. The van der Waals surface area contributed by atoms with Crippen molar-refractivity contribution < 1.29 is 22.6 Å². The van der Waals surface area contributed by atoms with Crippen LogP contribution in [0.3, 0.4) is 0 Å². The molecular weight excluding hydrogens is 357 g/mol. The molecule has 7 heteroatoms. The number of hydrogen-bond donors (Lipinski definition) is 1. The van der Waals surface area contributed by atoms with E-state index in [9.17, 15) is 13.2 Å². The van der Waals surface area contributed by atoms with Gasteiger partial charge >= 0.3 is 6.36 Å². The molecule has 1 fully saturated rings. The summed E-state index contributed by atoms with van der Waals surface area (Å²) in [6, 6.07) is 14.0. The lowest BCUT2D eigenvalue weighted by molar-refractivity contribution is -0.274. The van der Waals surface area contributed by atoms with Crippen LogP contribution in [-0.4, -0.2) is 44.0 Å². The lowest BCUT2D eigenvalue weighted by atomic mass is 9.96. The first-order valence-corrected chi connectivity index (χ1v) is 8.99. The van der Waals surface area contributed by atoms with Crippen LogP contribution in [0.1, 0.15) is 24.1 Å². The Labute approximate surface area is 156 Å². The zero-order valence-corrected chi connectivity index (χ0v) is 15.1. The van der Waals surface area contributed by atoms with Crippen LogP contribution in [0.5, 0.6) is 11.5 Å². The predicted molar refractivity (Wildman–Crippen MR) is 97.0 cm³/mol. The normalized spacial score (nSPS) is 16.7. The number of nitrogens with one attached hydrogen (secondary N) is 1. The molecule has 0 radical (unpaired) electrons. The highest BCUT2D eigenvalue weighted by Gasteiger charge is 2.31. The van der Waals surface area contributed by atoms with Gasteiger partial charge in [-0.3, -0.25) is 4.90 Å². The molecule has 1 saturated heterocycles. The Morgan fingerprint density at radius 1 is 0.926 bits per heavy atom. The van der Waals surface area contributed by atoms with Crippen LogP contribution >= 0.6 is 0 Å². The van der Waals surface area contributed by atoms with E-state index in [1.54, 1.807) is 12.1 Å². The van der Waals surface area contributed by atoms with Gasteiger partial charge in [0.1, 0.15) is 11.5 Å². The average Bonchev–Trinajstić information content (AvgIpc) is 2.65. The summed E-state index contributed by atoms with van der Waals surface area (Å²) in [5.41, 5.74) is 2.00. The lowest BCUT2D eigenvalue weighted by Gasteiger charge is -2.35. The minimum atomic E-state index is -4.69. The third kappa shape index (κ3) is 5.37. The topological polar surface area (TPSA) is 33.7 Å². The van der Waals surface area contributed by atoms with E-state index in [0.717, 1.165) is 43.1 Å². The Balaban J connectivity index is 1.87. The van der Waals surface area contributed by atoms with E-state index in [-0.39, 0.29) is 11.8 Å². The molecular formula is C20H23F3N2O2. The zero-order valence-electron chi connectivity index (χ0n) is 15.1. The summed E-state index contributed by atoms with van der Waals surface area (Å²) in [6.07, 6.45) is -4.69. The average molecular weight is 380 g/mol. The number of rotatable bonds is 6. The number of hydrogen-bond acceptors (Lipinski definition) is 4. The summed E-state index contributed by atoms with van der Waals surface area (Å²) in [6.45, 7) is 6.01. The first-order chi connectivity index (χ1) is 13.0. The maximum atomic E-state index is 12.4. The molecule has 4 nitrogen and oxygen atoms in total. The first kappa shape index (κ1) is 19.5. The van der Waals surface area contributed by atoms with Crippen molar-refractivity contribution in [3.05, 3.63) is 59.7 Å². The Bertz CT molecular complexity index is 712. The van der Waals surface area contributed by atoms with Crippen LogP contribution in [0.4, 0.5) is 13.2 Å². The van der Waals surface area contributed by atoms with Gasteiger partial charge in [0, 0.05) is 26.2 Å². The molecule has 0 amide bonds. The van der Waals surface area contributed by atoms with Gasteiger partial charge in [0.2, 0.25) is 0 Å². The van der Waals surface area contributed by atoms with Gasteiger partial charge in [0.25, 0.3) is 0 Å². The van der Waals surface area contributed by atoms with Crippen LogP contribution in [0, 0.1) is 0 Å². The van der Waals surface area contributed by atoms with Gasteiger partial charge in [0.15, 0.2) is 0 Å². The van der Waals surface area contributed by atoms with Crippen molar-refractivity contribution in [1.82, 2.24) is 10.2 Å². The van der Waals surface area contributed by atoms with Crippen LogP contribution in [0.15, 0.2) is 48.5 Å². The molecule has 1 aliphatic heterocycles. The Morgan fingerprint density at radius 3 is 1.93 bits per heavy atom. The molecule has 27 heavy (non-hydrogen) atoms. The molecule has 1 aliphatic rings. The summed E-state index contributed by atoms with van der Waals surface area (Å²) in [5, 5.41) is 3.33. The molecule has 0 spiro atoms. The van der Waals surface area contributed by atoms with E-state index in [4.69, 9.17) is 4.74 Å². The maximum absolute atomic E-state index is 12.4. The third-order valence-electron chi connectivity index (χ3n) is 4.45. The molecule has 1 heterocycles. The summed E-state index contributed by atoms with van der Waals surface area (Å²) >= 11 is 0. The Morgan fingerprint density at radius 2 is 1.44 bits per heavy atom. The fraction of sp³-hybridized carbons (Fsp3) is 0.400. The lowest BCUT2D eigenvalue weighted by Crippen LogP contribution is -2.45. The Kier molecular flexibility index (Phi) is 6.23. The third-order valence-corrected chi connectivity index (χ3v) is 4.45. The zero-order chi connectivity index (χ0) is 19.3. The fourth-order valence-electron chi connectivity index (χ4n) is 3.32. The van der Waals surface area contributed by atoms with Gasteiger partial charge in [0.05, 0.1) is 12.6 Å². The minimum Gasteiger partial charge on any atom is -0.494 e. The largest absolute Gasteiger partial charge is 0.573 e. The summed E-state index contributed by atoms with van der Waals surface area (Å²) < 4.78 is 46.7. The van der Waals surface area contributed by atoms with Gasteiger partial charge in [-0.1, -0.05) is 24.3 Å². The first-order valence-electron chi connectivity index (χ1n) is 8.99. The summed E-state index contributed by atoms with van der Waals surface area (Å²) in [4.78, 5) is 2.33. The fourth-order valence-corrected chi connectivity index (χ4v) is 3.32.